The Hall–Kier alpha value is -2.48. The summed E-state index contributed by atoms with van der Waals surface area (Å²) in [5.74, 6) is 1.62. The van der Waals surface area contributed by atoms with Crippen LogP contribution in [0.25, 0.3) is 0 Å². The number of hydrogen-bond donors (Lipinski definition) is 2. The number of carboxylic acids is 1. The van der Waals surface area contributed by atoms with E-state index >= 15 is 0 Å². The second-order valence-corrected chi connectivity index (χ2v) is 4.81. The molecule has 0 aliphatic heterocycles. The molecular weight excluding hydrogens is 268 g/mol. The molecule has 21 heavy (non-hydrogen) atoms. The highest BCUT2D eigenvalue weighted by atomic mass is 16.4. The van der Waals surface area contributed by atoms with E-state index in [-0.39, 0.29) is 25.0 Å². The standard InChI is InChI=1S/C16H20N2O3/c1-3-7-14(12-13-8-5-4-6-9-13)17-16(21)18(2)11-10-15(19)20/h1,4-6,8-9,14H,7,10-12H2,2H3,(H,17,21)(H,19,20). The first-order valence-corrected chi connectivity index (χ1v) is 6.73. The average Bonchev–Trinajstić information content (AvgIpc) is 2.45. The molecule has 2 amide bonds. The van der Waals surface area contributed by atoms with Crippen LogP contribution in [0.4, 0.5) is 4.79 Å². The van der Waals surface area contributed by atoms with Crippen LogP contribution in [-0.4, -0.2) is 41.6 Å². The third-order valence-corrected chi connectivity index (χ3v) is 3.02. The molecule has 5 heteroatoms. The van der Waals surface area contributed by atoms with Gasteiger partial charge in [0.15, 0.2) is 0 Å². The summed E-state index contributed by atoms with van der Waals surface area (Å²) in [6.07, 6.45) is 6.33. The monoisotopic (exact) mass is 288 g/mol. The fourth-order valence-corrected chi connectivity index (χ4v) is 1.86. The summed E-state index contributed by atoms with van der Waals surface area (Å²) >= 11 is 0. The van der Waals surface area contributed by atoms with E-state index in [1.807, 2.05) is 30.3 Å². The normalized spacial score (nSPS) is 11.2. The third-order valence-electron chi connectivity index (χ3n) is 3.02. The summed E-state index contributed by atoms with van der Waals surface area (Å²) in [5, 5.41) is 11.5. The number of urea groups is 1. The lowest BCUT2D eigenvalue weighted by Gasteiger charge is -2.22. The van der Waals surface area contributed by atoms with Crippen molar-refractivity contribution < 1.29 is 14.7 Å². The number of benzene rings is 1. The minimum absolute atomic E-state index is 0.0809. The fraction of sp³-hybridized carbons (Fsp3) is 0.375. The molecule has 0 radical (unpaired) electrons. The van der Waals surface area contributed by atoms with Crippen LogP contribution in [0.3, 0.4) is 0 Å². The van der Waals surface area contributed by atoms with Crippen LogP contribution in [0.5, 0.6) is 0 Å². The Bertz CT molecular complexity index is 508. The molecule has 1 unspecified atom stereocenters. The zero-order valence-electron chi connectivity index (χ0n) is 12.1. The van der Waals surface area contributed by atoms with Crippen molar-refractivity contribution >= 4 is 12.0 Å². The van der Waals surface area contributed by atoms with Crippen LogP contribution in [0, 0.1) is 12.3 Å². The number of amides is 2. The lowest BCUT2D eigenvalue weighted by Crippen LogP contribution is -2.44. The zero-order valence-corrected chi connectivity index (χ0v) is 12.1. The molecular formula is C16H20N2O3. The summed E-state index contributed by atoms with van der Waals surface area (Å²) in [6.45, 7) is 0.162. The molecule has 0 aliphatic rings. The largest absolute Gasteiger partial charge is 0.481 e. The first-order valence-electron chi connectivity index (χ1n) is 6.73. The Kier molecular flexibility index (Phi) is 6.82. The molecule has 0 bridgehead atoms. The summed E-state index contributed by atoms with van der Waals surface area (Å²) in [6, 6.07) is 9.27. The zero-order chi connectivity index (χ0) is 15.7. The van der Waals surface area contributed by atoms with Crippen LogP contribution in [0.2, 0.25) is 0 Å². The Morgan fingerprint density at radius 2 is 2.05 bits per heavy atom. The molecule has 0 saturated heterocycles. The van der Waals surface area contributed by atoms with Crippen molar-refractivity contribution in [2.45, 2.75) is 25.3 Å². The Labute approximate surface area is 125 Å². The van der Waals surface area contributed by atoms with Gasteiger partial charge in [0.05, 0.1) is 6.42 Å². The second kappa shape index (κ2) is 8.64. The van der Waals surface area contributed by atoms with Crippen molar-refractivity contribution in [3.63, 3.8) is 0 Å². The van der Waals surface area contributed by atoms with E-state index in [1.54, 1.807) is 7.05 Å². The van der Waals surface area contributed by atoms with Crippen LogP contribution in [0.15, 0.2) is 30.3 Å². The van der Waals surface area contributed by atoms with Gasteiger partial charge in [-0.2, -0.15) is 0 Å². The molecule has 0 saturated carbocycles. The van der Waals surface area contributed by atoms with Crippen molar-refractivity contribution in [1.29, 1.82) is 0 Å². The number of rotatable bonds is 7. The molecule has 1 rings (SSSR count). The summed E-state index contributed by atoms with van der Waals surface area (Å²) in [7, 11) is 1.56. The molecule has 0 aromatic heterocycles. The van der Waals surface area contributed by atoms with E-state index in [1.165, 1.54) is 4.90 Å². The number of carbonyl (C=O) groups excluding carboxylic acids is 1. The fourth-order valence-electron chi connectivity index (χ4n) is 1.86. The van der Waals surface area contributed by atoms with Gasteiger partial charge in [0.1, 0.15) is 0 Å². The molecule has 0 heterocycles. The van der Waals surface area contributed by atoms with E-state index < -0.39 is 5.97 Å². The van der Waals surface area contributed by atoms with E-state index in [0.717, 1.165) is 5.56 Å². The van der Waals surface area contributed by atoms with E-state index in [2.05, 4.69) is 11.2 Å². The van der Waals surface area contributed by atoms with Crippen LogP contribution in [0.1, 0.15) is 18.4 Å². The number of hydrogen-bond acceptors (Lipinski definition) is 2. The molecule has 0 spiro atoms. The van der Waals surface area contributed by atoms with Crippen molar-refractivity contribution in [1.82, 2.24) is 10.2 Å². The molecule has 0 aliphatic carbocycles. The number of nitrogens with one attached hydrogen (secondary N) is 1. The Morgan fingerprint density at radius 3 is 2.62 bits per heavy atom. The quantitative estimate of drug-likeness (QED) is 0.751. The Morgan fingerprint density at radius 1 is 1.38 bits per heavy atom. The lowest BCUT2D eigenvalue weighted by atomic mass is 10.0. The predicted octanol–water partition coefficient (Wildman–Crippen LogP) is 1.74. The van der Waals surface area contributed by atoms with Gasteiger partial charge in [0, 0.05) is 26.1 Å². The van der Waals surface area contributed by atoms with Crippen LogP contribution in [-0.2, 0) is 11.2 Å². The van der Waals surface area contributed by atoms with Crippen molar-refractivity contribution in [2.24, 2.45) is 0 Å². The Balaban J connectivity index is 2.55. The van der Waals surface area contributed by atoms with E-state index in [0.29, 0.717) is 12.8 Å². The van der Waals surface area contributed by atoms with Gasteiger partial charge in [-0.15, -0.1) is 12.3 Å². The first-order chi connectivity index (χ1) is 10.0. The lowest BCUT2D eigenvalue weighted by molar-refractivity contribution is -0.137. The van der Waals surface area contributed by atoms with Gasteiger partial charge >= 0.3 is 12.0 Å². The van der Waals surface area contributed by atoms with Gasteiger partial charge in [-0.3, -0.25) is 4.79 Å². The molecule has 0 fully saturated rings. The highest BCUT2D eigenvalue weighted by Crippen LogP contribution is 2.06. The second-order valence-electron chi connectivity index (χ2n) is 4.81. The minimum Gasteiger partial charge on any atom is -0.481 e. The van der Waals surface area contributed by atoms with Crippen molar-refractivity contribution in [3.8, 4) is 12.3 Å². The maximum Gasteiger partial charge on any atom is 0.317 e. The molecule has 2 N–H and O–H groups in total. The number of nitrogens with zero attached hydrogens (tertiary/aromatic N) is 1. The molecule has 1 aromatic rings. The summed E-state index contributed by atoms with van der Waals surface area (Å²) in [5.41, 5.74) is 1.09. The predicted molar refractivity (Wildman–Crippen MR) is 80.8 cm³/mol. The summed E-state index contributed by atoms with van der Waals surface area (Å²) < 4.78 is 0. The smallest absolute Gasteiger partial charge is 0.317 e. The highest BCUT2D eigenvalue weighted by Gasteiger charge is 2.15. The van der Waals surface area contributed by atoms with Crippen molar-refractivity contribution in [2.75, 3.05) is 13.6 Å². The van der Waals surface area contributed by atoms with Gasteiger partial charge in [-0.25, -0.2) is 4.79 Å². The van der Waals surface area contributed by atoms with E-state index in [4.69, 9.17) is 11.5 Å². The SMILES string of the molecule is C#CCC(Cc1ccccc1)NC(=O)N(C)CCC(=O)O. The summed E-state index contributed by atoms with van der Waals surface area (Å²) in [4.78, 5) is 23.8. The first kappa shape index (κ1) is 16.6. The van der Waals surface area contributed by atoms with Crippen LogP contribution >= 0.6 is 0 Å². The number of carboxylic acid groups (broad SMARTS) is 1. The average molecular weight is 288 g/mol. The topological polar surface area (TPSA) is 69.6 Å². The van der Waals surface area contributed by atoms with Gasteiger partial charge in [-0.05, 0) is 12.0 Å². The number of aliphatic carboxylic acids is 1. The van der Waals surface area contributed by atoms with E-state index in [9.17, 15) is 9.59 Å². The van der Waals surface area contributed by atoms with Gasteiger partial charge in [0.25, 0.3) is 0 Å². The maximum atomic E-state index is 12.0. The van der Waals surface area contributed by atoms with Gasteiger partial charge in [-0.1, -0.05) is 30.3 Å². The maximum absolute atomic E-state index is 12.0. The molecule has 112 valence electrons. The minimum atomic E-state index is -0.931. The molecule has 1 atom stereocenters. The van der Waals surface area contributed by atoms with Gasteiger partial charge < -0.3 is 15.3 Å². The number of terminal acetylenes is 1. The molecule has 5 nitrogen and oxygen atoms in total. The van der Waals surface area contributed by atoms with Crippen LogP contribution < -0.4 is 5.32 Å². The van der Waals surface area contributed by atoms with Gasteiger partial charge in [0.2, 0.25) is 0 Å². The third kappa shape index (κ3) is 6.48. The molecule has 1 aromatic carbocycles. The number of carbonyl (C=O) groups is 2. The highest BCUT2D eigenvalue weighted by molar-refractivity contribution is 5.75. The van der Waals surface area contributed by atoms with Crippen molar-refractivity contribution in [3.05, 3.63) is 35.9 Å².